The van der Waals surface area contributed by atoms with Gasteiger partial charge in [0, 0.05) is 29.2 Å². The highest BCUT2D eigenvalue weighted by Gasteiger charge is 2.26. The van der Waals surface area contributed by atoms with Crippen molar-refractivity contribution in [2.45, 2.75) is 65.0 Å². The highest BCUT2D eigenvalue weighted by Crippen LogP contribution is 2.38. The van der Waals surface area contributed by atoms with Gasteiger partial charge in [-0.15, -0.1) is 0 Å². The summed E-state index contributed by atoms with van der Waals surface area (Å²) in [6.45, 7) is 5.75. The Morgan fingerprint density at radius 2 is 1.93 bits per heavy atom. The Morgan fingerprint density at radius 1 is 1.17 bits per heavy atom. The minimum Gasteiger partial charge on any atom is -0.449 e. The molecule has 1 amide bonds. The summed E-state index contributed by atoms with van der Waals surface area (Å²) in [5.41, 5.74) is 6.78. The van der Waals surface area contributed by atoms with Crippen LogP contribution in [0.2, 0.25) is 0 Å². The topological polar surface area (TPSA) is 60.3 Å². The molecule has 2 aliphatic rings. The van der Waals surface area contributed by atoms with Crippen molar-refractivity contribution < 1.29 is 14.3 Å². The lowest BCUT2D eigenvalue weighted by molar-refractivity contribution is -0.148. The Bertz CT molecular complexity index is 982. The van der Waals surface area contributed by atoms with Crippen LogP contribution in [0.1, 0.15) is 60.3 Å². The lowest BCUT2D eigenvalue weighted by Crippen LogP contribution is -2.29. The number of esters is 1. The summed E-state index contributed by atoms with van der Waals surface area (Å²) in [4.78, 5) is 24.6. The molecule has 0 radical (unpaired) electrons. The van der Waals surface area contributed by atoms with Crippen LogP contribution >= 0.6 is 0 Å². The number of hydrogen-bond acceptors (Lipinski definition) is 3. The van der Waals surface area contributed by atoms with Gasteiger partial charge in [-0.25, -0.2) is 4.79 Å². The minimum atomic E-state index is -0.862. The van der Waals surface area contributed by atoms with Crippen LogP contribution in [0.25, 0.3) is 6.08 Å². The summed E-state index contributed by atoms with van der Waals surface area (Å²) in [7, 11) is 0. The molecule has 0 aliphatic heterocycles. The first-order valence-electron chi connectivity index (χ1n) is 10.4. The monoisotopic (exact) mass is 392 g/mol. The summed E-state index contributed by atoms with van der Waals surface area (Å²) in [5, 5.41) is 2.85. The second-order valence-corrected chi connectivity index (χ2v) is 8.17. The van der Waals surface area contributed by atoms with Crippen molar-refractivity contribution in [1.29, 1.82) is 0 Å². The van der Waals surface area contributed by atoms with E-state index in [0.29, 0.717) is 6.04 Å². The molecule has 1 N–H and O–H groups in total. The van der Waals surface area contributed by atoms with Gasteiger partial charge in [0.05, 0.1) is 0 Å². The Labute approximate surface area is 171 Å². The maximum atomic E-state index is 12.4. The van der Waals surface area contributed by atoms with Crippen LogP contribution < -0.4 is 5.32 Å². The third-order valence-electron chi connectivity index (χ3n) is 5.86. The molecule has 5 nitrogen and oxygen atoms in total. The molecule has 0 bridgehead atoms. The van der Waals surface area contributed by atoms with Crippen molar-refractivity contribution in [3.63, 3.8) is 0 Å². The largest absolute Gasteiger partial charge is 0.449 e. The maximum absolute atomic E-state index is 12.4. The lowest BCUT2D eigenvalue weighted by Gasteiger charge is -2.13. The molecule has 2 aliphatic carbocycles. The SMILES string of the molecule is Cc1cc(/C=C/C(=O)O[C@@H](C)C(=O)Nc2ccc3c(c2)CCC3)c(C)n1C1CC1. The number of fused-ring (bicyclic) bond motifs is 1. The number of carbonyl (C=O) groups is 2. The number of hydrogen-bond donors (Lipinski definition) is 1. The van der Waals surface area contributed by atoms with E-state index in [1.54, 1.807) is 13.0 Å². The first-order chi connectivity index (χ1) is 13.9. The quantitative estimate of drug-likeness (QED) is 0.581. The zero-order valence-electron chi connectivity index (χ0n) is 17.3. The van der Waals surface area contributed by atoms with Gasteiger partial charge in [0.1, 0.15) is 0 Å². The number of amides is 1. The van der Waals surface area contributed by atoms with E-state index in [0.717, 1.165) is 36.2 Å². The zero-order chi connectivity index (χ0) is 20.5. The van der Waals surface area contributed by atoms with E-state index in [-0.39, 0.29) is 5.91 Å². The molecule has 1 aromatic heterocycles. The van der Waals surface area contributed by atoms with Gasteiger partial charge in [0.2, 0.25) is 0 Å². The molecule has 2 aromatic rings. The molecule has 1 atom stereocenters. The average molecular weight is 392 g/mol. The smallest absolute Gasteiger partial charge is 0.331 e. The molecule has 1 aromatic carbocycles. The van der Waals surface area contributed by atoms with Crippen LogP contribution in [0.4, 0.5) is 5.69 Å². The van der Waals surface area contributed by atoms with Gasteiger partial charge in [0.15, 0.2) is 6.10 Å². The van der Waals surface area contributed by atoms with Crippen molar-refractivity contribution >= 4 is 23.6 Å². The van der Waals surface area contributed by atoms with Crippen molar-refractivity contribution in [1.82, 2.24) is 4.57 Å². The molecule has 0 saturated heterocycles. The predicted molar refractivity (Wildman–Crippen MR) is 114 cm³/mol. The summed E-state index contributed by atoms with van der Waals surface area (Å²) < 4.78 is 7.62. The minimum absolute atomic E-state index is 0.323. The summed E-state index contributed by atoms with van der Waals surface area (Å²) in [6.07, 6.45) is 8.07. The van der Waals surface area contributed by atoms with E-state index in [2.05, 4.69) is 35.9 Å². The van der Waals surface area contributed by atoms with Crippen molar-refractivity contribution in [2.75, 3.05) is 5.32 Å². The number of aryl methyl sites for hydroxylation is 3. The third-order valence-corrected chi connectivity index (χ3v) is 5.86. The van der Waals surface area contributed by atoms with Crippen LogP contribution in [-0.2, 0) is 27.2 Å². The molecule has 1 fully saturated rings. The maximum Gasteiger partial charge on any atom is 0.331 e. The van der Waals surface area contributed by atoms with E-state index >= 15 is 0 Å². The van der Waals surface area contributed by atoms with Crippen LogP contribution in [-0.4, -0.2) is 22.5 Å². The number of rotatable bonds is 6. The average Bonchev–Trinajstić information content (AvgIpc) is 3.32. The van der Waals surface area contributed by atoms with E-state index < -0.39 is 12.1 Å². The Balaban J connectivity index is 1.33. The summed E-state index contributed by atoms with van der Waals surface area (Å²) in [5.74, 6) is -0.838. The van der Waals surface area contributed by atoms with Gasteiger partial charge < -0.3 is 14.6 Å². The highest BCUT2D eigenvalue weighted by molar-refractivity contribution is 5.96. The predicted octanol–water partition coefficient (Wildman–Crippen LogP) is 4.51. The zero-order valence-corrected chi connectivity index (χ0v) is 17.3. The number of nitrogens with one attached hydrogen (secondary N) is 1. The molecule has 5 heteroatoms. The fourth-order valence-corrected chi connectivity index (χ4v) is 4.18. The van der Waals surface area contributed by atoms with Crippen molar-refractivity contribution in [3.05, 3.63) is 58.4 Å². The van der Waals surface area contributed by atoms with E-state index in [1.165, 1.54) is 35.7 Å². The highest BCUT2D eigenvalue weighted by atomic mass is 16.5. The molecular weight excluding hydrogens is 364 g/mol. The molecule has 1 heterocycles. The van der Waals surface area contributed by atoms with E-state index in [4.69, 9.17) is 4.74 Å². The van der Waals surface area contributed by atoms with Gasteiger partial charge in [0.25, 0.3) is 5.91 Å². The molecular formula is C24H28N2O3. The van der Waals surface area contributed by atoms with Gasteiger partial charge in [-0.3, -0.25) is 4.79 Å². The molecule has 0 unspecified atom stereocenters. The fraction of sp³-hybridized carbons (Fsp3) is 0.417. The third kappa shape index (κ3) is 4.29. The standard InChI is InChI=1S/C24H28N2O3/c1-15-13-19(16(2)26(15)22-10-11-22)8-12-23(27)29-17(3)24(28)25-21-9-7-18-5-4-6-20(18)14-21/h7-9,12-14,17,22H,4-6,10-11H2,1-3H3,(H,25,28)/b12-8+/t17-/m0/s1. The normalized spacial score (nSPS) is 16.7. The van der Waals surface area contributed by atoms with Gasteiger partial charge >= 0.3 is 5.97 Å². The number of aromatic nitrogens is 1. The van der Waals surface area contributed by atoms with Gasteiger partial charge in [-0.1, -0.05) is 6.07 Å². The summed E-state index contributed by atoms with van der Waals surface area (Å²) in [6, 6.07) is 8.68. The van der Waals surface area contributed by atoms with E-state index in [1.807, 2.05) is 12.1 Å². The Kier molecular flexibility index (Phi) is 5.31. The molecule has 4 rings (SSSR count). The first kappa shape index (κ1) is 19.5. The van der Waals surface area contributed by atoms with Crippen LogP contribution in [0.15, 0.2) is 30.3 Å². The number of anilines is 1. The Morgan fingerprint density at radius 3 is 2.69 bits per heavy atom. The number of carbonyl (C=O) groups excluding carboxylic acids is 2. The van der Waals surface area contributed by atoms with Crippen LogP contribution in [0.3, 0.4) is 0 Å². The van der Waals surface area contributed by atoms with Crippen molar-refractivity contribution in [3.8, 4) is 0 Å². The number of nitrogens with zero attached hydrogens (tertiary/aromatic N) is 1. The lowest BCUT2D eigenvalue weighted by atomic mass is 10.1. The second-order valence-electron chi connectivity index (χ2n) is 8.17. The molecule has 0 spiro atoms. The van der Waals surface area contributed by atoms with Crippen LogP contribution in [0.5, 0.6) is 0 Å². The summed E-state index contributed by atoms with van der Waals surface area (Å²) >= 11 is 0. The number of ether oxygens (including phenoxy) is 1. The number of benzene rings is 1. The molecule has 1 saturated carbocycles. The fourth-order valence-electron chi connectivity index (χ4n) is 4.18. The van der Waals surface area contributed by atoms with Gasteiger partial charge in [-0.05, 0) is 93.8 Å². The Hall–Kier alpha value is -2.82. The second kappa shape index (κ2) is 7.90. The van der Waals surface area contributed by atoms with Gasteiger partial charge in [-0.2, -0.15) is 0 Å². The molecule has 152 valence electrons. The van der Waals surface area contributed by atoms with Crippen molar-refractivity contribution in [2.24, 2.45) is 0 Å². The van der Waals surface area contributed by atoms with E-state index in [9.17, 15) is 9.59 Å². The van der Waals surface area contributed by atoms with Crippen LogP contribution in [0, 0.1) is 13.8 Å². The first-order valence-corrected chi connectivity index (χ1v) is 10.4. The molecule has 29 heavy (non-hydrogen) atoms.